The van der Waals surface area contributed by atoms with E-state index in [1.54, 1.807) is 12.1 Å². The smallest absolute Gasteiger partial charge is 0.270 e. The van der Waals surface area contributed by atoms with E-state index < -0.39 is 5.72 Å². The first kappa shape index (κ1) is 17.7. The van der Waals surface area contributed by atoms with Gasteiger partial charge in [0.25, 0.3) is 5.69 Å². The molecule has 0 radical (unpaired) electrons. The highest BCUT2D eigenvalue weighted by Crippen LogP contribution is 2.50. The molecule has 2 aliphatic heterocycles. The van der Waals surface area contributed by atoms with Gasteiger partial charge in [0.05, 0.1) is 16.7 Å². The van der Waals surface area contributed by atoms with Gasteiger partial charge in [-0.15, -0.1) is 0 Å². The Labute approximate surface area is 163 Å². The summed E-state index contributed by atoms with van der Waals surface area (Å²) in [7, 11) is 0. The number of nitro groups is 1. The predicted molar refractivity (Wildman–Crippen MR) is 108 cm³/mol. The number of rotatable bonds is 2. The van der Waals surface area contributed by atoms with Crippen molar-refractivity contribution in [1.82, 2.24) is 5.32 Å². The third kappa shape index (κ3) is 2.49. The summed E-state index contributed by atoms with van der Waals surface area (Å²) in [6.45, 7) is 8.24. The van der Waals surface area contributed by atoms with Gasteiger partial charge in [0.2, 0.25) is 0 Å². The number of nitrogens with zero attached hydrogens (tertiary/aromatic N) is 2. The maximum Gasteiger partial charge on any atom is 0.270 e. The number of ether oxygens (including phenoxy) is 1. The Bertz CT molecular complexity index is 957. The molecular weight excluding hydrogens is 362 g/mol. The summed E-state index contributed by atoms with van der Waals surface area (Å²) in [5, 5.41) is 15.2. The molecule has 0 unspecified atom stereocenters. The van der Waals surface area contributed by atoms with Crippen LogP contribution in [0.5, 0.6) is 5.75 Å². The van der Waals surface area contributed by atoms with Crippen molar-refractivity contribution in [1.29, 1.82) is 0 Å². The van der Waals surface area contributed by atoms with E-state index in [0.717, 1.165) is 22.4 Å². The van der Waals surface area contributed by atoms with E-state index in [4.69, 9.17) is 17.0 Å². The molecule has 6 nitrogen and oxygen atoms in total. The van der Waals surface area contributed by atoms with Crippen molar-refractivity contribution in [3.8, 4) is 5.75 Å². The lowest BCUT2D eigenvalue weighted by Crippen LogP contribution is -2.69. The van der Waals surface area contributed by atoms with Gasteiger partial charge in [-0.3, -0.25) is 15.0 Å². The lowest BCUT2D eigenvalue weighted by molar-refractivity contribution is -0.385. The molecule has 1 saturated heterocycles. The minimum Gasteiger partial charge on any atom is -0.467 e. The monoisotopic (exact) mass is 383 g/mol. The molecular formula is C20H21N3O3S. The van der Waals surface area contributed by atoms with Gasteiger partial charge in [-0.2, -0.15) is 0 Å². The third-order valence-corrected chi connectivity index (χ3v) is 6.09. The van der Waals surface area contributed by atoms with Crippen LogP contribution in [0.3, 0.4) is 0 Å². The number of benzene rings is 2. The van der Waals surface area contributed by atoms with E-state index >= 15 is 0 Å². The zero-order valence-corrected chi connectivity index (χ0v) is 16.5. The van der Waals surface area contributed by atoms with Crippen LogP contribution in [0.1, 0.15) is 36.6 Å². The van der Waals surface area contributed by atoms with Crippen LogP contribution in [0.2, 0.25) is 0 Å². The van der Waals surface area contributed by atoms with Crippen LogP contribution in [0.15, 0.2) is 36.4 Å². The Kier molecular flexibility index (Phi) is 3.89. The molecule has 2 aliphatic rings. The number of hydrogen-bond donors (Lipinski definition) is 1. The van der Waals surface area contributed by atoms with E-state index in [1.807, 2.05) is 13.0 Å². The van der Waals surface area contributed by atoms with Gasteiger partial charge in [-0.1, -0.05) is 25.1 Å². The lowest BCUT2D eigenvalue weighted by atomic mass is 9.80. The summed E-state index contributed by atoms with van der Waals surface area (Å²) >= 11 is 5.72. The number of hydrogen-bond acceptors (Lipinski definition) is 4. The molecule has 2 aromatic carbocycles. The number of non-ortho nitro benzene ring substituents is 1. The highest BCUT2D eigenvalue weighted by molar-refractivity contribution is 7.80. The van der Waals surface area contributed by atoms with Gasteiger partial charge in [-0.25, -0.2) is 0 Å². The Balaban J connectivity index is 1.88. The number of thiocarbonyl (C=S) groups is 1. The van der Waals surface area contributed by atoms with Crippen molar-refractivity contribution in [3.63, 3.8) is 0 Å². The first-order chi connectivity index (χ1) is 12.7. The minimum absolute atomic E-state index is 0.0118. The molecule has 2 bridgehead atoms. The Morgan fingerprint density at radius 2 is 1.93 bits per heavy atom. The van der Waals surface area contributed by atoms with Crippen LogP contribution in [-0.4, -0.2) is 15.8 Å². The van der Waals surface area contributed by atoms with Crippen LogP contribution in [0.25, 0.3) is 0 Å². The van der Waals surface area contributed by atoms with Crippen molar-refractivity contribution in [3.05, 3.63) is 63.2 Å². The topological polar surface area (TPSA) is 67.6 Å². The molecule has 7 heteroatoms. The third-order valence-electron chi connectivity index (χ3n) is 5.79. The molecule has 0 spiro atoms. The molecule has 0 aromatic heterocycles. The van der Waals surface area contributed by atoms with Gasteiger partial charge in [0.15, 0.2) is 10.8 Å². The fraction of sp³-hybridized carbons (Fsp3) is 0.350. The average molecular weight is 383 g/mol. The molecule has 27 heavy (non-hydrogen) atoms. The molecule has 0 aliphatic carbocycles. The Hall–Kier alpha value is -2.67. The summed E-state index contributed by atoms with van der Waals surface area (Å²) in [4.78, 5) is 12.9. The fourth-order valence-electron chi connectivity index (χ4n) is 4.21. The van der Waals surface area contributed by atoms with Gasteiger partial charge in [0, 0.05) is 23.6 Å². The second kappa shape index (κ2) is 5.92. The second-order valence-electron chi connectivity index (χ2n) is 7.43. The summed E-state index contributed by atoms with van der Waals surface area (Å²) in [5.41, 5.74) is 3.39. The highest BCUT2D eigenvalue weighted by Gasteiger charge is 2.54. The van der Waals surface area contributed by atoms with E-state index in [2.05, 4.69) is 43.1 Å². The van der Waals surface area contributed by atoms with E-state index in [9.17, 15) is 10.1 Å². The zero-order chi connectivity index (χ0) is 19.5. The average Bonchev–Trinajstić information content (AvgIpc) is 2.60. The van der Waals surface area contributed by atoms with Crippen LogP contribution in [0, 0.1) is 29.9 Å². The van der Waals surface area contributed by atoms with Crippen LogP contribution >= 0.6 is 12.2 Å². The van der Waals surface area contributed by atoms with Crippen LogP contribution in [-0.2, 0) is 0 Å². The Morgan fingerprint density at radius 3 is 2.56 bits per heavy atom. The molecule has 1 fully saturated rings. The van der Waals surface area contributed by atoms with Crippen molar-refractivity contribution in [2.75, 3.05) is 4.90 Å². The van der Waals surface area contributed by atoms with E-state index in [0.29, 0.717) is 10.9 Å². The van der Waals surface area contributed by atoms with Crippen molar-refractivity contribution < 1.29 is 9.66 Å². The molecule has 3 atom stereocenters. The Morgan fingerprint density at radius 1 is 1.26 bits per heavy atom. The standard InChI is InChI=1S/C20H21N3O3S/c1-11-6-5-7-12(2)18(11)22-19(27)21-17-13(3)20(22,4)26-16-9-8-14(23(24)25)10-15(16)17/h5-10,13,17H,1-4H3,(H,21,27)/t13-,17+,20-/m0/s1. The molecule has 2 aromatic rings. The maximum absolute atomic E-state index is 11.2. The highest BCUT2D eigenvalue weighted by atomic mass is 32.1. The maximum atomic E-state index is 11.2. The number of anilines is 1. The van der Waals surface area contributed by atoms with E-state index in [-0.39, 0.29) is 22.6 Å². The SMILES string of the molecule is Cc1cccc(C)c1N1C(=S)N[C@H]2c3cc([N+](=O)[O-])ccc3O[C@@]1(C)[C@H]2C. The van der Waals surface area contributed by atoms with Gasteiger partial charge in [0.1, 0.15) is 5.75 Å². The van der Waals surface area contributed by atoms with E-state index in [1.165, 1.54) is 6.07 Å². The van der Waals surface area contributed by atoms with Gasteiger partial charge < -0.3 is 10.1 Å². The summed E-state index contributed by atoms with van der Waals surface area (Å²) in [6.07, 6.45) is 0. The number of para-hydroxylation sites is 1. The first-order valence-electron chi connectivity index (χ1n) is 8.88. The van der Waals surface area contributed by atoms with Crippen molar-refractivity contribution >= 4 is 28.7 Å². The molecule has 4 rings (SSSR count). The van der Waals surface area contributed by atoms with Crippen molar-refractivity contribution in [2.45, 2.75) is 39.5 Å². The lowest BCUT2D eigenvalue weighted by Gasteiger charge is -2.56. The molecule has 2 heterocycles. The molecule has 0 saturated carbocycles. The van der Waals surface area contributed by atoms with Gasteiger partial charge in [-0.05, 0) is 50.2 Å². The summed E-state index contributed by atoms with van der Waals surface area (Å²) in [5.74, 6) is 0.662. The van der Waals surface area contributed by atoms with Crippen molar-refractivity contribution in [2.24, 2.45) is 5.92 Å². The number of fused-ring (bicyclic) bond motifs is 4. The second-order valence-corrected chi connectivity index (χ2v) is 7.81. The number of nitrogens with one attached hydrogen (secondary N) is 1. The largest absolute Gasteiger partial charge is 0.467 e. The minimum atomic E-state index is -0.701. The number of aryl methyl sites for hydroxylation is 2. The normalized spacial score (nSPS) is 26.1. The molecule has 1 N–H and O–H groups in total. The summed E-state index contributed by atoms with van der Waals surface area (Å²) < 4.78 is 6.46. The zero-order valence-electron chi connectivity index (χ0n) is 15.6. The first-order valence-corrected chi connectivity index (χ1v) is 9.29. The summed E-state index contributed by atoms with van der Waals surface area (Å²) in [6, 6.07) is 10.8. The molecule has 140 valence electrons. The fourth-order valence-corrected chi connectivity index (χ4v) is 4.61. The quantitative estimate of drug-likeness (QED) is 0.471. The van der Waals surface area contributed by atoms with Gasteiger partial charge >= 0.3 is 0 Å². The number of nitro benzene ring substituents is 1. The predicted octanol–water partition coefficient (Wildman–Crippen LogP) is 4.39. The molecule has 0 amide bonds. The van der Waals surface area contributed by atoms with Crippen LogP contribution < -0.4 is 15.0 Å². The van der Waals surface area contributed by atoms with Crippen LogP contribution in [0.4, 0.5) is 11.4 Å².